The van der Waals surface area contributed by atoms with Crippen molar-refractivity contribution in [3.8, 4) is 5.75 Å². The SMILES string of the molecule is CC/C=C(\NC)c1cc(C(=O)OC)n(C(C)c2cccc(OC)c2)n1. The Morgan fingerprint density at radius 2 is 2.12 bits per heavy atom. The molecule has 1 aromatic heterocycles. The normalized spacial score (nSPS) is 12.6. The highest BCUT2D eigenvalue weighted by Gasteiger charge is 2.22. The molecule has 1 aromatic carbocycles. The van der Waals surface area contributed by atoms with Gasteiger partial charge in [0.05, 0.1) is 26.0 Å². The molecule has 6 nitrogen and oxygen atoms in total. The Labute approximate surface area is 148 Å². The molecule has 0 fully saturated rings. The Morgan fingerprint density at radius 1 is 1.36 bits per heavy atom. The number of nitrogens with one attached hydrogen (secondary N) is 1. The molecule has 1 atom stereocenters. The van der Waals surface area contributed by atoms with E-state index in [2.05, 4.69) is 17.3 Å². The van der Waals surface area contributed by atoms with Crippen molar-refractivity contribution in [3.63, 3.8) is 0 Å². The van der Waals surface area contributed by atoms with Crippen molar-refractivity contribution in [1.29, 1.82) is 0 Å². The molecule has 0 amide bonds. The van der Waals surface area contributed by atoms with Crippen LogP contribution in [0.3, 0.4) is 0 Å². The lowest BCUT2D eigenvalue weighted by molar-refractivity contribution is 0.0585. The van der Waals surface area contributed by atoms with Crippen LogP contribution < -0.4 is 10.1 Å². The van der Waals surface area contributed by atoms with E-state index in [0.29, 0.717) is 11.4 Å². The summed E-state index contributed by atoms with van der Waals surface area (Å²) < 4.78 is 11.9. The quantitative estimate of drug-likeness (QED) is 0.782. The van der Waals surface area contributed by atoms with Gasteiger partial charge in [-0.3, -0.25) is 4.68 Å². The van der Waals surface area contributed by atoms with Gasteiger partial charge in [0.1, 0.15) is 17.1 Å². The Hall–Kier alpha value is -2.76. The zero-order valence-corrected chi connectivity index (χ0v) is 15.4. The van der Waals surface area contributed by atoms with Gasteiger partial charge in [0.2, 0.25) is 0 Å². The number of allylic oxidation sites excluding steroid dienone is 1. The number of esters is 1. The molecule has 2 aromatic rings. The number of hydrogen-bond donors (Lipinski definition) is 1. The van der Waals surface area contributed by atoms with E-state index in [1.54, 1.807) is 17.9 Å². The summed E-state index contributed by atoms with van der Waals surface area (Å²) in [6, 6.07) is 9.32. The van der Waals surface area contributed by atoms with Crippen LogP contribution in [0.5, 0.6) is 5.75 Å². The van der Waals surface area contributed by atoms with Crippen LogP contribution in [0, 0.1) is 0 Å². The Bertz CT molecular complexity index is 765. The first kappa shape index (κ1) is 18.6. The van der Waals surface area contributed by atoms with Crippen molar-refractivity contribution in [1.82, 2.24) is 15.1 Å². The fourth-order valence-corrected chi connectivity index (χ4v) is 2.66. The average molecular weight is 343 g/mol. The second kappa shape index (κ2) is 8.37. The average Bonchev–Trinajstić information content (AvgIpc) is 3.09. The minimum Gasteiger partial charge on any atom is -0.497 e. The zero-order chi connectivity index (χ0) is 18.4. The number of ether oxygens (including phenoxy) is 2. The van der Waals surface area contributed by atoms with E-state index in [-0.39, 0.29) is 6.04 Å². The van der Waals surface area contributed by atoms with Crippen LogP contribution in [0.2, 0.25) is 0 Å². The molecular weight excluding hydrogens is 318 g/mol. The van der Waals surface area contributed by atoms with E-state index < -0.39 is 5.97 Å². The number of methoxy groups -OCH3 is 2. The number of carbonyl (C=O) groups excluding carboxylic acids is 1. The molecule has 1 N–H and O–H groups in total. The number of nitrogens with zero attached hydrogens (tertiary/aromatic N) is 2. The van der Waals surface area contributed by atoms with Gasteiger partial charge in [-0.25, -0.2) is 4.79 Å². The number of rotatable bonds is 7. The molecule has 25 heavy (non-hydrogen) atoms. The standard InChI is InChI=1S/C19H25N3O3/c1-6-8-16(20-3)17-12-18(19(23)25-5)22(21-17)13(2)14-9-7-10-15(11-14)24-4/h7-13,20H,6H2,1-5H3/b16-8-. The van der Waals surface area contributed by atoms with E-state index >= 15 is 0 Å². The lowest BCUT2D eigenvalue weighted by Gasteiger charge is -2.16. The van der Waals surface area contributed by atoms with Crippen molar-refractivity contribution < 1.29 is 14.3 Å². The van der Waals surface area contributed by atoms with Crippen LogP contribution in [0.4, 0.5) is 0 Å². The number of benzene rings is 1. The van der Waals surface area contributed by atoms with Crippen LogP contribution in [-0.2, 0) is 4.74 Å². The molecular formula is C19H25N3O3. The van der Waals surface area contributed by atoms with Crippen LogP contribution >= 0.6 is 0 Å². The summed E-state index contributed by atoms with van der Waals surface area (Å²) in [7, 11) is 4.84. The smallest absolute Gasteiger partial charge is 0.356 e. The van der Waals surface area contributed by atoms with Gasteiger partial charge in [-0.1, -0.05) is 25.1 Å². The number of aromatic nitrogens is 2. The highest BCUT2D eigenvalue weighted by molar-refractivity contribution is 5.88. The summed E-state index contributed by atoms with van der Waals surface area (Å²) in [5.41, 5.74) is 2.98. The van der Waals surface area contributed by atoms with Crippen molar-refractivity contribution in [2.45, 2.75) is 26.3 Å². The molecule has 0 radical (unpaired) electrons. The predicted octanol–water partition coefficient (Wildman–Crippen LogP) is 3.26. The van der Waals surface area contributed by atoms with Crippen molar-refractivity contribution in [3.05, 3.63) is 53.4 Å². The van der Waals surface area contributed by atoms with Gasteiger partial charge in [0, 0.05) is 13.1 Å². The highest BCUT2D eigenvalue weighted by atomic mass is 16.5. The lowest BCUT2D eigenvalue weighted by Crippen LogP contribution is -2.16. The van der Waals surface area contributed by atoms with E-state index in [1.165, 1.54) is 7.11 Å². The van der Waals surface area contributed by atoms with Gasteiger partial charge in [-0.2, -0.15) is 5.10 Å². The van der Waals surface area contributed by atoms with Crippen LogP contribution in [-0.4, -0.2) is 37.0 Å². The van der Waals surface area contributed by atoms with Crippen molar-refractivity contribution in [2.24, 2.45) is 0 Å². The second-order valence-corrected chi connectivity index (χ2v) is 5.58. The van der Waals surface area contributed by atoms with Crippen LogP contribution in [0.15, 0.2) is 36.4 Å². The van der Waals surface area contributed by atoms with Gasteiger partial charge in [0.15, 0.2) is 0 Å². The molecule has 0 aliphatic rings. The van der Waals surface area contributed by atoms with E-state index in [0.717, 1.165) is 23.4 Å². The third-order valence-corrected chi connectivity index (χ3v) is 4.03. The zero-order valence-electron chi connectivity index (χ0n) is 15.4. The van der Waals surface area contributed by atoms with Gasteiger partial charge in [-0.15, -0.1) is 0 Å². The maximum Gasteiger partial charge on any atom is 0.356 e. The molecule has 0 aliphatic heterocycles. The van der Waals surface area contributed by atoms with E-state index in [1.807, 2.05) is 44.3 Å². The fraction of sp³-hybridized carbons (Fsp3) is 0.368. The topological polar surface area (TPSA) is 65.4 Å². The first-order valence-electron chi connectivity index (χ1n) is 8.25. The summed E-state index contributed by atoms with van der Waals surface area (Å²) in [4.78, 5) is 12.2. The molecule has 134 valence electrons. The van der Waals surface area contributed by atoms with Gasteiger partial charge < -0.3 is 14.8 Å². The summed E-state index contributed by atoms with van der Waals surface area (Å²) in [6.07, 6.45) is 2.89. The molecule has 1 heterocycles. The van der Waals surface area contributed by atoms with Crippen LogP contribution in [0.25, 0.3) is 5.70 Å². The molecule has 2 rings (SSSR count). The Balaban J connectivity index is 2.52. The van der Waals surface area contributed by atoms with Gasteiger partial charge in [0.25, 0.3) is 0 Å². The monoisotopic (exact) mass is 343 g/mol. The Kier molecular flexibility index (Phi) is 6.22. The minimum atomic E-state index is -0.416. The number of carbonyl (C=O) groups is 1. The molecule has 0 spiro atoms. The van der Waals surface area contributed by atoms with Gasteiger partial charge >= 0.3 is 5.97 Å². The van der Waals surface area contributed by atoms with Crippen molar-refractivity contribution in [2.75, 3.05) is 21.3 Å². The maximum absolute atomic E-state index is 12.2. The fourth-order valence-electron chi connectivity index (χ4n) is 2.66. The number of hydrogen-bond acceptors (Lipinski definition) is 5. The molecule has 0 saturated heterocycles. The van der Waals surface area contributed by atoms with E-state index in [4.69, 9.17) is 9.47 Å². The lowest BCUT2D eigenvalue weighted by atomic mass is 10.1. The summed E-state index contributed by atoms with van der Waals surface area (Å²) in [6.45, 7) is 4.04. The third-order valence-electron chi connectivity index (χ3n) is 4.03. The maximum atomic E-state index is 12.2. The molecule has 6 heteroatoms. The van der Waals surface area contributed by atoms with E-state index in [9.17, 15) is 4.79 Å². The third kappa shape index (κ3) is 4.02. The molecule has 0 saturated carbocycles. The van der Waals surface area contributed by atoms with Gasteiger partial charge in [-0.05, 0) is 31.0 Å². The predicted molar refractivity (Wildman–Crippen MR) is 97.7 cm³/mol. The largest absolute Gasteiger partial charge is 0.497 e. The first-order chi connectivity index (χ1) is 12.0. The second-order valence-electron chi connectivity index (χ2n) is 5.58. The molecule has 0 bridgehead atoms. The molecule has 1 unspecified atom stereocenters. The minimum absolute atomic E-state index is 0.155. The highest BCUT2D eigenvalue weighted by Crippen LogP contribution is 2.25. The Morgan fingerprint density at radius 3 is 2.72 bits per heavy atom. The summed E-state index contributed by atoms with van der Waals surface area (Å²) in [5, 5.41) is 7.77. The first-order valence-corrected chi connectivity index (χ1v) is 8.25. The van der Waals surface area contributed by atoms with Crippen molar-refractivity contribution >= 4 is 11.7 Å². The molecule has 0 aliphatic carbocycles. The summed E-state index contributed by atoms with van der Waals surface area (Å²) in [5.74, 6) is 0.346. The summed E-state index contributed by atoms with van der Waals surface area (Å²) >= 11 is 0. The van der Waals surface area contributed by atoms with Crippen LogP contribution in [0.1, 0.15) is 48.1 Å².